The topological polar surface area (TPSA) is 80.4 Å². The highest BCUT2D eigenvalue weighted by molar-refractivity contribution is 9.10. The van der Waals surface area contributed by atoms with Gasteiger partial charge in [0.1, 0.15) is 5.52 Å². The van der Waals surface area contributed by atoms with Crippen molar-refractivity contribution in [1.29, 1.82) is 0 Å². The van der Waals surface area contributed by atoms with Crippen LogP contribution in [0, 0.1) is 0 Å². The molecule has 0 saturated heterocycles. The third-order valence-corrected chi connectivity index (χ3v) is 3.48. The first kappa shape index (κ1) is 12.5. The lowest BCUT2D eigenvalue weighted by Gasteiger charge is -1.93. The molecule has 7 heteroatoms. The number of hydrogen-bond donors (Lipinski definition) is 1. The van der Waals surface area contributed by atoms with Crippen molar-refractivity contribution in [3.8, 4) is 0 Å². The van der Waals surface area contributed by atoms with Crippen LogP contribution in [0.1, 0.15) is 12.3 Å². The molecule has 0 aliphatic rings. The predicted octanol–water partition coefficient (Wildman–Crippen LogP) is 2.41. The molecule has 2 rings (SSSR count). The molecule has 0 radical (unpaired) electrons. The van der Waals surface area contributed by atoms with Gasteiger partial charge in [-0.05, 0) is 24.6 Å². The summed E-state index contributed by atoms with van der Waals surface area (Å²) < 4.78 is 36.0. The van der Waals surface area contributed by atoms with Gasteiger partial charge in [0.05, 0.1) is 5.75 Å². The molecular formula is C10H10BrNO4S. The van der Waals surface area contributed by atoms with Crippen molar-refractivity contribution in [3.63, 3.8) is 0 Å². The monoisotopic (exact) mass is 319 g/mol. The van der Waals surface area contributed by atoms with Gasteiger partial charge in [-0.25, -0.2) is 4.98 Å². The molecule has 1 heterocycles. The number of oxazole rings is 1. The van der Waals surface area contributed by atoms with E-state index in [9.17, 15) is 8.42 Å². The summed E-state index contributed by atoms with van der Waals surface area (Å²) in [6.07, 6.45) is 0.666. The second kappa shape index (κ2) is 4.75. The van der Waals surface area contributed by atoms with Gasteiger partial charge >= 0.3 is 0 Å². The number of halogens is 1. The molecule has 0 unspecified atom stereocenters. The van der Waals surface area contributed by atoms with Crippen molar-refractivity contribution >= 4 is 37.1 Å². The van der Waals surface area contributed by atoms with Gasteiger partial charge < -0.3 is 4.42 Å². The molecular weight excluding hydrogens is 310 g/mol. The summed E-state index contributed by atoms with van der Waals surface area (Å²) in [5, 5.41) is 0. The van der Waals surface area contributed by atoms with Gasteiger partial charge in [-0.2, -0.15) is 8.42 Å². The molecule has 1 aromatic heterocycles. The Balaban J connectivity index is 2.09. The number of fused-ring (bicyclic) bond motifs is 1. The maximum atomic E-state index is 10.5. The van der Waals surface area contributed by atoms with Crippen molar-refractivity contribution in [2.75, 3.05) is 5.75 Å². The normalized spacial score (nSPS) is 12.1. The number of nitrogens with zero attached hydrogens (tertiary/aromatic N) is 1. The first-order valence-corrected chi connectivity index (χ1v) is 7.34. The Morgan fingerprint density at radius 3 is 2.88 bits per heavy atom. The smallest absolute Gasteiger partial charge is 0.264 e. The minimum absolute atomic E-state index is 0.282. The zero-order valence-corrected chi connectivity index (χ0v) is 11.2. The van der Waals surface area contributed by atoms with Crippen LogP contribution < -0.4 is 0 Å². The van der Waals surface area contributed by atoms with Crippen LogP contribution in [-0.2, 0) is 16.5 Å². The maximum absolute atomic E-state index is 10.5. The van der Waals surface area contributed by atoms with E-state index in [0.717, 1.165) is 9.99 Å². The van der Waals surface area contributed by atoms with Crippen LogP contribution >= 0.6 is 15.9 Å². The highest BCUT2D eigenvalue weighted by Crippen LogP contribution is 2.20. The molecule has 0 amide bonds. The van der Waals surface area contributed by atoms with Gasteiger partial charge in [-0.3, -0.25) is 4.55 Å². The summed E-state index contributed by atoms with van der Waals surface area (Å²) >= 11 is 3.33. The standard InChI is InChI=1S/C10H10BrNO4S/c11-7-3-4-9-8(6-7)12-10(16-9)2-1-5-17(13,14)15/h3-4,6H,1-2,5H2,(H,13,14,15). The highest BCUT2D eigenvalue weighted by Gasteiger charge is 2.09. The van der Waals surface area contributed by atoms with E-state index in [4.69, 9.17) is 8.97 Å². The third-order valence-electron chi connectivity index (χ3n) is 2.19. The van der Waals surface area contributed by atoms with Crippen LogP contribution in [0.3, 0.4) is 0 Å². The van der Waals surface area contributed by atoms with Crippen molar-refractivity contribution in [1.82, 2.24) is 4.98 Å². The second-order valence-corrected chi connectivity index (χ2v) is 6.10. The minimum Gasteiger partial charge on any atom is -0.441 e. The van der Waals surface area contributed by atoms with Gasteiger partial charge in [0.2, 0.25) is 0 Å². The van der Waals surface area contributed by atoms with E-state index in [1.54, 1.807) is 6.07 Å². The van der Waals surface area contributed by atoms with Crippen LogP contribution in [-0.4, -0.2) is 23.7 Å². The van der Waals surface area contributed by atoms with Gasteiger partial charge in [0, 0.05) is 10.9 Å². The van der Waals surface area contributed by atoms with Crippen molar-refractivity contribution in [2.45, 2.75) is 12.8 Å². The van der Waals surface area contributed by atoms with Crippen LogP contribution in [0.4, 0.5) is 0 Å². The van der Waals surface area contributed by atoms with E-state index >= 15 is 0 Å². The average Bonchev–Trinajstić information content (AvgIpc) is 2.57. The Morgan fingerprint density at radius 2 is 2.18 bits per heavy atom. The molecule has 17 heavy (non-hydrogen) atoms. The zero-order valence-electron chi connectivity index (χ0n) is 8.76. The minimum atomic E-state index is -3.91. The van der Waals surface area contributed by atoms with Gasteiger partial charge in [-0.1, -0.05) is 15.9 Å². The van der Waals surface area contributed by atoms with Gasteiger partial charge in [-0.15, -0.1) is 0 Å². The van der Waals surface area contributed by atoms with Crippen LogP contribution in [0.5, 0.6) is 0 Å². The molecule has 5 nitrogen and oxygen atoms in total. The molecule has 0 fully saturated rings. The summed E-state index contributed by atoms with van der Waals surface area (Å²) in [6, 6.07) is 5.46. The van der Waals surface area contributed by atoms with E-state index in [0.29, 0.717) is 17.9 Å². The van der Waals surface area contributed by atoms with E-state index in [1.165, 1.54) is 0 Å². The summed E-state index contributed by atoms with van der Waals surface area (Å²) in [6.45, 7) is 0. The molecule has 0 atom stereocenters. The fourth-order valence-corrected chi connectivity index (χ4v) is 2.32. The Bertz CT molecular complexity index is 635. The number of aromatic nitrogens is 1. The molecule has 0 aliphatic heterocycles. The molecule has 1 N–H and O–H groups in total. The van der Waals surface area contributed by atoms with E-state index in [-0.39, 0.29) is 12.2 Å². The molecule has 0 bridgehead atoms. The Kier molecular flexibility index (Phi) is 3.50. The lowest BCUT2D eigenvalue weighted by molar-refractivity contribution is 0.477. The summed E-state index contributed by atoms with van der Waals surface area (Å²) in [7, 11) is -3.91. The van der Waals surface area contributed by atoms with Crippen molar-refractivity contribution in [2.24, 2.45) is 0 Å². The average molecular weight is 320 g/mol. The van der Waals surface area contributed by atoms with Gasteiger partial charge in [0.15, 0.2) is 11.5 Å². The zero-order chi connectivity index (χ0) is 12.5. The maximum Gasteiger partial charge on any atom is 0.264 e. The van der Waals surface area contributed by atoms with Crippen LogP contribution in [0.2, 0.25) is 0 Å². The molecule has 2 aromatic rings. The quantitative estimate of drug-likeness (QED) is 0.875. The van der Waals surface area contributed by atoms with E-state index in [2.05, 4.69) is 20.9 Å². The number of benzene rings is 1. The third kappa shape index (κ3) is 3.52. The molecule has 0 saturated carbocycles. The first-order valence-electron chi connectivity index (χ1n) is 4.94. The van der Waals surface area contributed by atoms with Crippen LogP contribution in [0.25, 0.3) is 11.1 Å². The molecule has 0 spiro atoms. The fraction of sp³-hybridized carbons (Fsp3) is 0.300. The molecule has 92 valence electrons. The summed E-state index contributed by atoms with van der Waals surface area (Å²) in [5.74, 6) is 0.192. The Hall–Kier alpha value is -0.920. The summed E-state index contributed by atoms with van der Waals surface area (Å²) in [4.78, 5) is 4.22. The number of aryl methyl sites for hydroxylation is 1. The largest absolute Gasteiger partial charge is 0.441 e. The highest BCUT2D eigenvalue weighted by atomic mass is 79.9. The first-order chi connectivity index (χ1) is 7.94. The predicted molar refractivity (Wildman–Crippen MR) is 66.4 cm³/mol. The van der Waals surface area contributed by atoms with E-state index in [1.807, 2.05) is 12.1 Å². The SMILES string of the molecule is O=S(=O)(O)CCCc1nc2cc(Br)ccc2o1. The van der Waals surface area contributed by atoms with E-state index < -0.39 is 10.1 Å². The van der Waals surface area contributed by atoms with Crippen molar-refractivity contribution < 1.29 is 17.4 Å². The Morgan fingerprint density at radius 1 is 1.41 bits per heavy atom. The second-order valence-electron chi connectivity index (χ2n) is 3.61. The van der Waals surface area contributed by atoms with Crippen molar-refractivity contribution in [3.05, 3.63) is 28.6 Å². The molecule has 0 aliphatic carbocycles. The lowest BCUT2D eigenvalue weighted by atomic mass is 10.3. The van der Waals surface area contributed by atoms with Crippen LogP contribution in [0.15, 0.2) is 27.1 Å². The number of hydrogen-bond acceptors (Lipinski definition) is 4. The number of rotatable bonds is 4. The van der Waals surface area contributed by atoms with Gasteiger partial charge in [0.25, 0.3) is 10.1 Å². The fourth-order valence-electron chi connectivity index (χ4n) is 1.46. The summed E-state index contributed by atoms with van der Waals surface area (Å²) in [5.41, 5.74) is 1.39. The lowest BCUT2D eigenvalue weighted by Crippen LogP contribution is -2.04. The Labute approximate surface area is 107 Å². The molecule has 1 aromatic carbocycles.